The number of ether oxygens (including phenoxy) is 1. The van der Waals surface area contributed by atoms with Crippen molar-refractivity contribution in [3.05, 3.63) is 53.6 Å². The monoisotopic (exact) mass is 393 g/mol. The lowest BCUT2D eigenvalue weighted by Gasteiger charge is -2.14. The third-order valence-corrected chi connectivity index (χ3v) is 4.61. The Bertz CT molecular complexity index is 1010. The van der Waals surface area contributed by atoms with Crippen LogP contribution in [-0.2, 0) is 4.79 Å². The molecule has 6 nitrogen and oxygen atoms in total. The number of nitrogens with one attached hydrogen (secondary N) is 1. The van der Waals surface area contributed by atoms with Gasteiger partial charge in [-0.2, -0.15) is 0 Å². The van der Waals surface area contributed by atoms with Crippen LogP contribution in [0.25, 0.3) is 22.2 Å². The summed E-state index contributed by atoms with van der Waals surface area (Å²) >= 11 is 0. The lowest BCUT2D eigenvalue weighted by Crippen LogP contribution is -2.27. The van der Waals surface area contributed by atoms with Gasteiger partial charge in [-0.3, -0.25) is 4.79 Å². The minimum Gasteiger partial charge on any atom is -0.491 e. The molecule has 2 N–H and O–H groups in total. The predicted octanol–water partition coefficient (Wildman–Crippen LogP) is 3.39. The summed E-state index contributed by atoms with van der Waals surface area (Å²) in [7, 11) is 3.73. The van der Waals surface area contributed by atoms with Crippen LogP contribution in [0, 0.1) is 13.8 Å². The van der Waals surface area contributed by atoms with Crippen molar-refractivity contribution in [2.45, 2.75) is 13.8 Å². The standard InChI is InChI=1S/C23H27N3O3/c1-15-12-21(17-5-7-18(8-6-17)29-10-9-27)24-22-13-20(16(2)11-19(15)22)25-23(28)14-26(3)4/h5-8,11-13,27H,9-10,14H2,1-4H3,(H,25,28). The molecule has 0 bridgehead atoms. The van der Waals surface area contributed by atoms with E-state index in [4.69, 9.17) is 14.8 Å². The number of hydrogen-bond donors (Lipinski definition) is 2. The predicted molar refractivity (Wildman–Crippen MR) is 116 cm³/mol. The maximum absolute atomic E-state index is 12.2. The number of aliphatic hydroxyl groups is 1. The Labute approximate surface area is 171 Å². The van der Waals surface area contributed by atoms with Crippen LogP contribution in [0.1, 0.15) is 11.1 Å². The molecule has 1 amide bonds. The average Bonchev–Trinajstić information content (AvgIpc) is 2.67. The summed E-state index contributed by atoms with van der Waals surface area (Å²) in [4.78, 5) is 18.8. The van der Waals surface area contributed by atoms with Crippen molar-refractivity contribution in [1.29, 1.82) is 0 Å². The van der Waals surface area contributed by atoms with Crippen molar-refractivity contribution in [2.24, 2.45) is 0 Å². The van der Waals surface area contributed by atoms with E-state index in [0.29, 0.717) is 12.3 Å². The van der Waals surface area contributed by atoms with Gasteiger partial charge in [0.15, 0.2) is 0 Å². The molecule has 0 atom stereocenters. The van der Waals surface area contributed by atoms with E-state index in [9.17, 15) is 4.79 Å². The Morgan fingerprint density at radius 1 is 1.10 bits per heavy atom. The highest BCUT2D eigenvalue weighted by Crippen LogP contribution is 2.29. The fourth-order valence-corrected chi connectivity index (χ4v) is 3.19. The van der Waals surface area contributed by atoms with Gasteiger partial charge in [0, 0.05) is 16.6 Å². The number of hydrogen-bond acceptors (Lipinski definition) is 5. The van der Waals surface area contributed by atoms with Crippen LogP contribution >= 0.6 is 0 Å². The molecule has 1 heterocycles. The molecule has 0 spiro atoms. The Morgan fingerprint density at radius 3 is 2.48 bits per heavy atom. The van der Waals surface area contributed by atoms with Crippen molar-refractivity contribution < 1.29 is 14.6 Å². The lowest BCUT2D eigenvalue weighted by atomic mass is 10.0. The molecule has 0 saturated heterocycles. The molecule has 29 heavy (non-hydrogen) atoms. The first-order chi connectivity index (χ1) is 13.9. The van der Waals surface area contributed by atoms with Crippen LogP contribution in [0.2, 0.25) is 0 Å². The SMILES string of the molecule is Cc1cc2c(C)cc(-c3ccc(OCCO)cc3)nc2cc1NC(=O)CN(C)C. The van der Waals surface area contributed by atoms with E-state index in [0.717, 1.165) is 39.0 Å². The van der Waals surface area contributed by atoms with Crippen LogP contribution in [0.15, 0.2) is 42.5 Å². The first-order valence-corrected chi connectivity index (χ1v) is 9.58. The third-order valence-electron chi connectivity index (χ3n) is 4.61. The van der Waals surface area contributed by atoms with Gasteiger partial charge in [0.25, 0.3) is 0 Å². The number of carbonyl (C=O) groups excluding carboxylic acids is 1. The van der Waals surface area contributed by atoms with E-state index in [-0.39, 0.29) is 19.1 Å². The average molecular weight is 393 g/mol. The van der Waals surface area contributed by atoms with Crippen molar-refractivity contribution in [3.63, 3.8) is 0 Å². The van der Waals surface area contributed by atoms with Gasteiger partial charge in [-0.05, 0) is 81.5 Å². The first kappa shape index (κ1) is 20.8. The zero-order valence-corrected chi connectivity index (χ0v) is 17.3. The smallest absolute Gasteiger partial charge is 0.238 e. The molecule has 0 saturated carbocycles. The largest absolute Gasteiger partial charge is 0.491 e. The maximum atomic E-state index is 12.2. The number of carbonyl (C=O) groups is 1. The minimum atomic E-state index is -0.0520. The molecule has 0 fully saturated rings. The van der Waals surface area contributed by atoms with Gasteiger partial charge in [-0.15, -0.1) is 0 Å². The number of amides is 1. The topological polar surface area (TPSA) is 74.7 Å². The number of aliphatic hydroxyl groups excluding tert-OH is 1. The second kappa shape index (κ2) is 9.03. The molecular weight excluding hydrogens is 366 g/mol. The Balaban J connectivity index is 1.94. The molecule has 0 radical (unpaired) electrons. The number of pyridine rings is 1. The summed E-state index contributed by atoms with van der Waals surface area (Å²) in [6, 6.07) is 13.7. The molecule has 0 aliphatic rings. The molecule has 0 unspecified atom stereocenters. The second-order valence-electron chi connectivity index (χ2n) is 7.39. The third kappa shape index (κ3) is 5.10. The van der Waals surface area contributed by atoms with Crippen LogP contribution < -0.4 is 10.1 Å². The molecule has 0 aliphatic carbocycles. The fraction of sp³-hybridized carbons (Fsp3) is 0.304. The number of aromatic nitrogens is 1. The molecular formula is C23H27N3O3. The summed E-state index contributed by atoms with van der Waals surface area (Å²) < 4.78 is 5.42. The highest BCUT2D eigenvalue weighted by molar-refractivity contribution is 5.96. The van der Waals surface area contributed by atoms with Gasteiger partial charge >= 0.3 is 0 Å². The Hall–Kier alpha value is -2.96. The summed E-state index contributed by atoms with van der Waals surface area (Å²) in [5.74, 6) is 0.658. The van der Waals surface area contributed by atoms with Crippen molar-refractivity contribution >= 4 is 22.5 Å². The summed E-state index contributed by atoms with van der Waals surface area (Å²) in [6.07, 6.45) is 0. The number of benzene rings is 2. The van der Waals surface area contributed by atoms with Gasteiger partial charge in [-0.1, -0.05) is 0 Å². The Morgan fingerprint density at radius 2 is 1.83 bits per heavy atom. The van der Waals surface area contributed by atoms with Gasteiger partial charge in [0.2, 0.25) is 5.91 Å². The molecule has 152 valence electrons. The molecule has 3 rings (SSSR count). The quantitative estimate of drug-likeness (QED) is 0.644. The summed E-state index contributed by atoms with van der Waals surface area (Å²) in [5.41, 5.74) is 5.59. The molecule has 3 aromatic rings. The fourth-order valence-electron chi connectivity index (χ4n) is 3.19. The normalized spacial score (nSPS) is 11.1. The maximum Gasteiger partial charge on any atom is 0.238 e. The molecule has 2 aromatic carbocycles. The van der Waals surface area contributed by atoms with E-state index >= 15 is 0 Å². The van der Waals surface area contributed by atoms with E-state index < -0.39 is 0 Å². The van der Waals surface area contributed by atoms with Crippen molar-refractivity contribution in [2.75, 3.05) is 39.2 Å². The number of nitrogens with zero attached hydrogens (tertiary/aromatic N) is 2. The first-order valence-electron chi connectivity index (χ1n) is 9.58. The summed E-state index contributed by atoms with van der Waals surface area (Å²) in [6.45, 7) is 4.64. The minimum absolute atomic E-state index is 0.0139. The number of anilines is 1. The van der Waals surface area contributed by atoms with Crippen LogP contribution in [-0.4, -0.2) is 54.8 Å². The molecule has 1 aromatic heterocycles. The number of fused-ring (bicyclic) bond motifs is 1. The van der Waals surface area contributed by atoms with Crippen LogP contribution in [0.3, 0.4) is 0 Å². The Kier molecular flexibility index (Phi) is 6.46. The van der Waals surface area contributed by atoms with Crippen molar-refractivity contribution in [1.82, 2.24) is 9.88 Å². The molecule has 0 aliphatic heterocycles. The van der Waals surface area contributed by atoms with E-state index in [2.05, 4.69) is 24.4 Å². The van der Waals surface area contributed by atoms with Gasteiger partial charge < -0.3 is 20.1 Å². The zero-order valence-electron chi connectivity index (χ0n) is 17.3. The van der Waals surface area contributed by atoms with E-state index in [1.165, 1.54) is 0 Å². The van der Waals surface area contributed by atoms with Crippen LogP contribution in [0.5, 0.6) is 5.75 Å². The second-order valence-corrected chi connectivity index (χ2v) is 7.39. The van der Waals surface area contributed by atoms with E-state index in [1.54, 1.807) is 0 Å². The lowest BCUT2D eigenvalue weighted by molar-refractivity contribution is -0.116. The zero-order chi connectivity index (χ0) is 21.0. The number of likely N-dealkylation sites (N-methyl/N-ethyl adjacent to an activating group) is 1. The number of aryl methyl sites for hydroxylation is 2. The van der Waals surface area contributed by atoms with E-state index in [1.807, 2.05) is 56.3 Å². The summed E-state index contributed by atoms with van der Waals surface area (Å²) in [5, 5.41) is 12.9. The van der Waals surface area contributed by atoms with Crippen molar-refractivity contribution in [3.8, 4) is 17.0 Å². The molecule has 6 heteroatoms. The van der Waals surface area contributed by atoms with Gasteiger partial charge in [0.05, 0.1) is 24.4 Å². The highest BCUT2D eigenvalue weighted by Gasteiger charge is 2.11. The van der Waals surface area contributed by atoms with Gasteiger partial charge in [-0.25, -0.2) is 4.98 Å². The highest BCUT2D eigenvalue weighted by atomic mass is 16.5. The van der Waals surface area contributed by atoms with Gasteiger partial charge in [0.1, 0.15) is 12.4 Å². The number of rotatable bonds is 7. The van der Waals surface area contributed by atoms with Crippen LogP contribution in [0.4, 0.5) is 5.69 Å².